The molecule has 10 atom stereocenters. The molecule has 0 aliphatic carbocycles. The molecule has 3 rings (SSSR count). The van der Waals surface area contributed by atoms with Crippen molar-refractivity contribution in [3.05, 3.63) is 46.2 Å². The molecule has 0 bridgehead atoms. The zero-order chi connectivity index (χ0) is 30.6. The second-order valence-electron chi connectivity index (χ2n) is 8.76. The Morgan fingerprint density at radius 3 is 2.63 bits per heavy atom. The first kappa shape index (κ1) is 33.0. The zero-order valence-corrected chi connectivity index (χ0v) is 23.0. The number of phosphoric acid groups is 1. The Labute approximate surface area is 232 Å². The van der Waals surface area contributed by atoms with Gasteiger partial charge in [-0.3, -0.25) is 23.9 Å². The first-order chi connectivity index (χ1) is 19.1. The lowest BCUT2D eigenvalue weighted by Gasteiger charge is -2.33. The van der Waals surface area contributed by atoms with Crippen molar-refractivity contribution in [2.24, 2.45) is 4.99 Å². The Bertz CT molecular complexity index is 1270. The highest BCUT2D eigenvalue weighted by Gasteiger charge is 2.46. The number of aliphatic imine (C=N–C) groups is 1. The van der Waals surface area contributed by atoms with E-state index in [1.165, 1.54) is 6.07 Å². The van der Waals surface area contributed by atoms with Gasteiger partial charge in [0.2, 0.25) is 5.76 Å². The Balaban J connectivity index is 1.78. The van der Waals surface area contributed by atoms with Crippen LogP contribution in [-0.4, -0.2) is 107 Å². The monoisotopic (exact) mass is 627 g/mol. The van der Waals surface area contributed by atoms with Crippen molar-refractivity contribution in [3.63, 3.8) is 0 Å². The molecule has 1 fully saturated rings. The third-order valence-corrected chi connectivity index (χ3v) is 7.58. The third kappa shape index (κ3) is 8.07. The van der Waals surface area contributed by atoms with E-state index >= 15 is 0 Å². The number of phosphoric ester groups is 1. The number of aliphatic hydroxyl groups excluding tert-OH is 5. The summed E-state index contributed by atoms with van der Waals surface area (Å²) in [6, 6.07) is -0.00186. The molecule has 230 valence electrons. The highest BCUT2D eigenvalue weighted by Crippen LogP contribution is 2.53. The van der Waals surface area contributed by atoms with Crippen LogP contribution >= 0.6 is 16.2 Å². The van der Waals surface area contributed by atoms with E-state index in [1.54, 1.807) is 0 Å². The van der Waals surface area contributed by atoms with E-state index < -0.39 is 101 Å². The van der Waals surface area contributed by atoms with E-state index in [0.717, 1.165) is 29.8 Å². The fourth-order valence-electron chi connectivity index (χ4n) is 3.82. The van der Waals surface area contributed by atoms with E-state index in [-0.39, 0.29) is 5.82 Å². The maximum absolute atomic E-state index is 12.6. The predicted octanol–water partition coefficient (Wildman–Crippen LogP) is -5.04. The molecular formula is C20H29N4O15P2-. The summed E-state index contributed by atoms with van der Waals surface area (Å²) in [6.45, 7) is -0.762. The number of allylic oxidation sites excluding steroid dienone is 1. The fourth-order valence-corrected chi connectivity index (χ4v) is 5.54. The van der Waals surface area contributed by atoms with Gasteiger partial charge in [0, 0.05) is 6.20 Å². The molecule has 1 saturated heterocycles. The minimum Gasteiger partial charge on any atom is -0.862 e. The van der Waals surface area contributed by atoms with E-state index in [0.29, 0.717) is 0 Å². The summed E-state index contributed by atoms with van der Waals surface area (Å²) in [6.07, 6.45) is -8.45. The van der Waals surface area contributed by atoms with Crippen LogP contribution in [0, 0.1) is 0 Å². The maximum Gasteiger partial charge on any atom is 0.530 e. The van der Waals surface area contributed by atoms with Gasteiger partial charge in [0.1, 0.15) is 42.4 Å². The lowest BCUT2D eigenvalue weighted by Crippen LogP contribution is -2.47. The van der Waals surface area contributed by atoms with Gasteiger partial charge in [-0.15, -0.1) is 0 Å². The highest BCUT2D eigenvalue weighted by atomic mass is 31.2. The van der Waals surface area contributed by atoms with Crippen molar-refractivity contribution in [1.82, 2.24) is 9.55 Å². The predicted molar refractivity (Wildman–Crippen MR) is 133 cm³/mol. The van der Waals surface area contributed by atoms with Gasteiger partial charge < -0.3 is 55.3 Å². The van der Waals surface area contributed by atoms with E-state index in [4.69, 9.17) is 29.4 Å². The largest absolute Gasteiger partial charge is 0.862 e. The van der Waals surface area contributed by atoms with Crippen LogP contribution in [0.15, 0.2) is 45.5 Å². The van der Waals surface area contributed by atoms with Crippen molar-refractivity contribution in [2.45, 2.75) is 55.8 Å². The lowest BCUT2D eigenvalue weighted by atomic mass is 9.99. The summed E-state index contributed by atoms with van der Waals surface area (Å²) in [4.78, 5) is 51.2. The summed E-state index contributed by atoms with van der Waals surface area (Å²) in [5, 5.41) is 61.4. The van der Waals surface area contributed by atoms with Gasteiger partial charge in [0.15, 0.2) is 20.7 Å². The Morgan fingerprint density at radius 2 is 2.05 bits per heavy atom. The Morgan fingerprint density at radius 1 is 1.37 bits per heavy atom. The van der Waals surface area contributed by atoms with Crippen LogP contribution < -0.4 is 21.4 Å². The molecule has 21 heteroatoms. The van der Waals surface area contributed by atoms with Gasteiger partial charge in [-0.1, -0.05) is 6.08 Å². The van der Waals surface area contributed by atoms with Crippen LogP contribution in [0.1, 0.15) is 13.2 Å². The molecule has 0 saturated carbocycles. The topological polar surface area (TPSA) is 315 Å². The lowest BCUT2D eigenvalue weighted by molar-refractivity contribution is -0.216. The van der Waals surface area contributed by atoms with Crippen molar-refractivity contribution < 1.29 is 68.4 Å². The van der Waals surface area contributed by atoms with Crippen molar-refractivity contribution >= 4 is 27.9 Å². The first-order valence-corrected chi connectivity index (χ1v) is 14.5. The minimum absolute atomic E-state index is 0.114. The zero-order valence-electron chi connectivity index (χ0n) is 21.1. The Hall–Kier alpha value is -2.51. The van der Waals surface area contributed by atoms with Crippen molar-refractivity contribution in [1.29, 1.82) is 0 Å². The molecule has 2 aliphatic heterocycles. The molecule has 41 heavy (non-hydrogen) atoms. The van der Waals surface area contributed by atoms with Crippen LogP contribution in [0.5, 0.6) is 0 Å². The van der Waals surface area contributed by atoms with E-state index in [2.05, 4.69) is 9.98 Å². The molecule has 2 unspecified atom stereocenters. The summed E-state index contributed by atoms with van der Waals surface area (Å²) in [5.74, 6) is -1.48. The number of rotatable bonds is 11. The summed E-state index contributed by atoms with van der Waals surface area (Å²) in [5.41, 5.74) is 3.39. The molecule has 3 heterocycles. The van der Waals surface area contributed by atoms with Crippen molar-refractivity contribution in [3.8, 4) is 0 Å². The Kier molecular flexibility index (Phi) is 11.0. The number of ether oxygens (including phenoxy) is 2. The van der Waals surface area contributed by atoms with Crippen LogP contribution in [-0.2, 0) is 23.1 Å². The summed E-state index contributed by atoms with van der Waals surface area (Å²) < 4.78 is 33.7. The molecule has 9 N–H and O–H groups in total. The molecule has 0 radical (unpaired) electrons. The molecular weight excluding hydrogens is 598 g/mol. The number of aromatic nitrogens is 2. The van der Waals surface area contributed by atoms with Gasteiger partial charge in [-0.2, -0.15) is 4.98 Å². The van der Waals surface area contributed by atoms with Crippen LogP contribution in [0.3, 0.4) is 0 Å². The molecule has 1 aromatic heterocycles. The number of hydrogen-bond acceptors (Lipinski definition) is 17. The van der Waals surface area contributed by atoms with E-state index in [1.807, 2.05) is 0 Å². The normalized spacial score (nSPS) is 31.6. The first-order valence-electron chi connectivity index (χ1n) is 11.7. The average molecular weight is 627 g/mol. The highest BCUT2D eigenvalue weighted by molar-refractivity contribution is 7.51. The van der Waals surface area contributed by atoms with Gasteiger partial charge in [-0.05, 0) is 25.0 Å². The number of anilines is 1. The second kappa shape index (κ2) is 13.6. The smallest absolute Gasteiger partial charge is 0.530 e. The second-order valence-corrected chi connectivity index (χ2v) is 11.2. The van der Waals surface area contributed by atoms with E-state index in [9.17, 15) is 49.6 Å². The summed E-state index contributed by atoms with van der Waals surface area (Å²) in [7, 11) is -9.26. The molecule has 2 aliphatic rings. The molecule has 1 aromatic rings. The van der Waals surface area contributed by atoms with Crippen molar-refractivity contribution in [2.75, 3.05) is 18.9 Å². The third-order valence-electron chi connectivity index (χ3n) is 5.78. The number of hydrogen-bond donors (Lipinski definition) is 8. The van der Waals surface area contributed by atoms with Gasteiger partial charge >= 0.3 is 19.0 Å². The van der Waals surface area contributed by atoms with Crippen LogP contribution in [0.4, 0.5) is 5.82 Å². The van der Waals surface area contributed by atoms with Gasteiger partial charge in [-0.25, -0.2) is 9.36 Å². The molecule has 0 aromatic carbocycles. The van der Waals surface area contributed by atoms with Crippen LogP contribution in [0.25, 0.3) is 0 Å². The maximum atomic E-state index is 12.6. The minimum atomic E-state index is -5.29. The number of nitrogens with two attached hydrogens (primary N) is 1. The quantitative estimate of drug-likeness (QED) is 0.0492. The summed E-state index contributed by atoms with van der Waals surface area (Å²) >= 11 is 0. The van der Waals surface area contributed by atoms with Crippen LogP contribution in [0.2, 0.25) is 0 Å². The SMILES string of the molecule is CC([O-])=N[C@@H]1C=C/C(=C(\OP(=O)(O)OC[C@H]2O[C@@H](n3ccc(N)nc3=O)[C@H](O)[C@@H]2O)[PH+]([O-])O)O[C@H]1[C@H](O)[C@H](O)CO. The molecule has 0 amide bonds. The standard InChI is InChI=1S/C20H30N4O15P2/c1-8(26)22-9-2-3-11(37-17(9)14(28)10(27)6-25)19(40(32)33)39-41(34,35)36-7-12-15(29)16(30)18(38-12)24-5-4-13(21)23-20(24)31/h2-5,9-10,12,14-18,25,27-30,32,40H,6-7H2,1H3,(H,22,26)(H,34,35)(H2,21,23,31)/p-1/b19-11-/t9-,10-,12-,14-,15-,16-,17-,18-/m1/s1. The van der Waals surface area contributed by atoms with Gasteiger partial charge in [0.05, 0.1) is 13.2 Å². The molecule has 0 spiro atoms. The van der Waals surface area contributed by atoms with Gasteiger partial charge in [0.25, 0.3) is 0 Å². The average Bonchev–Trinajstić information content (AvgIpc) is 3.18. The molecule has 19 nitrogen and oxygen atoms in total. The number of nitrogen functional groups attached to an aromatic ring is 1. The number of aliphatic hydroxyl groups is 5. The fraction of sp³-hybridized carbons (Fsp3) is 0.550. The number of nitrogens with zero attached hydrogens (tertiary/aromatic N) is 3.